The second kappa shape index (κ2) is 7.27. The summed E-state index contributed by atoms with van der Waals surface area (Å²) in [7, 11) is -3.42. The molecular weight excluding hydrogens is 336 g/mol. The van der Waals surface area contributed by atoms with Crippen molar-refractivity contribution in [1.82, 2.24) is 4.90 Å². The Morgan fingerprint density at radius 2 is 1.52 bits per heavy atom. The maximum atomic E-state index is 12.9. The predicted molar refractivity (Wildman–Crippen MR) is 98.7 cm³/mol. The van der Waals surface area contributed by atoms with Crippen LogP contribution in [-0.2, 0) is 9.84 Å². The van der Waals surface area contributed by atoms with Gasteiger partial charge in [-0.05, 0) is 24.3 Å². The van der Waals surface area contributed by atoms with Gasteiger partial charge in [0.25, 0.3) is 5.91 Å². The molecule has 0 atom stereocenters. The van der Waals surface area contributed by atoms with Crippen molar-refractivity contribution in [2.24, 2.45) is 0 Å². The summed E-state index contributed by atoms with van der Waals surface area (Å²) in [5, 5.41) is 0. The van der Waals surface area contributed by atoms with Crippen LogP contribution in [0.25, 0.3) is 0 Å². The summed E-state index contributed by atoms with van der Waals surface area (Å²) >= 11 is 0. The van der Waals surface area contributed by atoms with E-state index in [-0.39, 0.29) is 22.1 Å². The predicted octanol–water partition coefficient (Wildman–Crippen LogP) is 2.44. The number of carbonyl (C=O) groups is 1. The van der Waals surface area contributed by atoms with Gasteiger partial charge >= 0.3 is 0 Å². The Balaban J connectivity index is 1.76. The third-order valence-electron chi connectivity index (χ3n) is 4.52. The lowest BCUT2D eigenvalue weighted by Crippen LogP contribution is -2.49. The average Bonchev–Trinajstić information content (AvgIpc) is 2.68. The van der Waals surface area contributed by atoms with Crippen molar-refractivity contribution < 1.29 is 13.2 Å². The number of carbonyl (C=O) groups excluding carboxylic acids is 1. The number of para-hydroxylation sites is 1. The molecule has 2 aromatic carbocycles. The largest absolute Gasteiger partial charge is 0.368 e. The van der Waals surface area contributed by atoms with Gasteiger partial charge in [0.15, 0.2) is 9.84 Å². The average molecular weight is 358 g/mol. The Morgan fingerprint density at radius 3 is 2.16 bits per heavy atom. The molecule has 1 fully saturated rings. The standard InChI is InChI=1S/C19H22N2O3S/c1-2-25(23,24)18-11-7-6-10-17(18)19(22)21-14-12-20(13-15-21)16-8-4-3-5-9-16/h3-11H,2,12-15H2,1H3. The molecule has 1 saturated heterocycles. The lowest BCUT2D eigenvalue weighted by molar-refractivity contribution is 0.0743. The van der Waals surface area contributed by atoms with Gasteiger partial charge in [0.2, 0.25) is 0 Å². The Hall–Kier alpha value is -2.34. The van der Waals surface area contributed by atoms with Crippen molar-refractivity contribution in [1.29, 1.82) is 0 Å². The SMILES string of the molecule is CCS(=O)(=O)c1ccccc1C(=O)N1CCN(c2ccccc2)CC1. The molecule has 0 aliphatic carbocycles. The molecule has 0 saturated carbocycles. The lowest BCUT2D eigenvalue weighted by Gasteiger charge is -2.36. The monoisotopic (exact) mass is 358 g/mol. The van der Waals surface area contributed by atoms with Crippen molar-refractivity contribution >= 4 is 21.4 Å². The van der Waals surface area contributed by atoms with Crippen LogP contribution in [0.2, 0.25) is 0 Å². The highest BCUT2D eigenvalue weighted by Gasteiger charge is 2.27. The van der Waals surface area contributed by atoms with Crippen molar-refractivity contribution in [3.63, 3.8) is 0 Å². The molecule has 3 rings (SSSR count). The number of hydrogen-bond donors (Lipinski definition) is 0. The Kier molecular flexibility index (Phi) is 5.08. The second-order valence-electron chi connectivity index (χ2n) is 6.01. The van der Waals surface area contributed by atoms with Crippen molar-refractivity contribution in [2.45, 2.75) is 11.8 Å². The maximum Gasteiger partial charge on any atom is 0.255 e. The molecule has 1 aliphatic rings. The van der Waals surface area contributed by atoms with Crippen LogP contribution in [0.3, 0.4) is 0 Å². The summed E-state index contributed by atoms with van der Waals surface area (Å²) in [4.78, 5) is 17.0. The van der Waals surface area contributed by atoms with Crippen molar-refractivity contribution in [3.8, 4) is 0 Å². The number of piperazine rings is 1. The van der Waals surface area contributed by atoms with Crippen LogP contribution in [0.4, 0.5) is 5.69 Å². The van der Waals surface area contributed by atoms with Gasteiger partial charge < -0.3 is 9.80 Å². The number of nitrogens with zero attached hydrogens (tertiary/aromatic N) is 2. The van der Waals surface area contributed by atoms with E-state index >= 15 is 0 Å². The van der Waals surface area contributed by atoms with Crippen LogP contribution >= 0.6 is 0 Å². The molecule has 1 amide bonds. The molecule has 0 spiro atoms. The smallest absolute Gasteiger partial charge is 0.255 e. The van der Waals surface area contributed by atoms with Gasteiger partial charge in [0, 0.05) is 31.9 Å². The molecule has 25 heavy (non-hydrogen) atoms. The van der Waals surface area contributed by atoms with E-state index in [0.717, 1.165) is 18.8 Å². The molecule has 1 heterocycles. The number of benzene rings is 2. The van der Waals surface area contributed by atoms with Crippen LogP contribution in [-0.4, -0.2) is 51.2 Å². The fraction of sp³-hybridized carbons (Fsp3) is 0.316. The first-order chi connectivity index (χ1) is 12.0. The van der Waals surface area contributed by atoms with Gasteiger partial charge in [-0.25, -0.2) is 8.42 Å². The Bertz CT molecular complexity index is 842. The van der Waals surface area contributed by atoms with Gasteiger partial charge in [0.05, 0.1) is 16.2 Å². The zero-order chi connectivity index (χ0) is 17.9. The Labute approximate surface area is 148 Å². The molecule has 0 aromatic heterocycles. The van der Waals surface area contributed by atoms with Gasteiger partial charge in [0.1, 0.15) is 0 Å². The number of rotatable bonds is 4. The number of amides is 1. The molecule has 5 nitrogen and oxygen atoms in total. The topological polar surface area (TPSA) is 57.7 Å². The summed E-state index contributed by atoms with van der Waals surface area (Å²) in [6.07, 6.45) is 0. The first-order valence-electron chi connectivity index (χ1n) is 8.44. The summed E-state index contributed by atoms with van der Waals surface area (Å²) in [5.74, 6) is -0.223. The summed E-state index contributed by atoms with van der Waals surface area (Å²) < 4.78 is 24.5. The molecule has 1 aliphatic heterocycles. The van der Waals surface area contributed by atoms with Gasteiger partial charge in [-0.2, -0.15) is 0 Å². The van der Waals surface area contributed by atoms with Crippen LogP contribution in [0.5, 0.6) is 0 Å². The van der Waals surface area contributed by atoms with Crippen molar-refractivity contribution in [3.05, 3.63) is 60.2 Å². The second-order valence-corrected chi connectivity index (χ2v) is 8.26. The molecule has 0 unspecified atom stereocenters. The first kappa shape index (κ1) is 17.5. The van der Waals surface area contributed by atoms with E-state index in [4.69, 9.17) is 0 Å². The van der Waals surface area contributed by atoms with Gasteiger partial charge in [-0.15, -0.1) is 0 Å². The third kappa shape index (κ3) is 3.69. The third-order valence-corrected chi connectivity index (χ3v) is 6.31. The van der Waals surface area contributed by atoms with Crippen molar-refractivity contribution in [2.75, 3.05) is 36.8 Å². The highest BCUT2D eigenvalue weighted by atomic mass is 32.2. The van der Waals surface area contributed by atoms with Crippen LogP contribution in [0, 0.1) is 0 Å². The van der Waals surface area contributed by atoms with Crippen LogP contribution in [0.1, 0.15) is 17.3 Å². The number of hydrogen-bond acceptors (Lipinski definition) is 4. The van der Waals surface area contributed by atoms with Gasteiger partial charge in [-0.1, -0.05) is 37.3 Å². The molecule has 6 heteroatoms. The maximum absolute atomic E-state index is 12.9. The van der Waals surface area contributed by atoms with Crippen LogP contribution < -0.4 is 4.90 Å². The zero-order valence-corrected chi connectivity index (χ0v) is 15.1. The summed E-state index contributed by atoms with van der Waals surface area (Å²) in [6.45, 7) is 4.22. The highest BCUT2D eigenvalue weighted by Crippen LogP contribution is 2.21. The molecule has 2 aromatic rings. The quantitative estimate of drug-likeness (QED) is 0.842. The van der Waals surface area contributed by atoms with E-state index < -0.39 is 9.84 Å². The minimum Gasteiger partial charge on any atom is -0.368 e. The number of sulfone groups is 1. The molecule has 0 radical (unpaired) electrons. The van der Waals surface area contributed by atoms with E-state index in [1.165, 1.54) is 6.07 Å². The fourth-order valence-corrected chi connectivity index (χ4v) is 4.13. The molecule has 0 bridgehead atoms. The first-order valence-corrected chi connectivity index (χ1v) is 10.1. The highest BCUT2D eigenvalue weighted by molar-refractivity contribution is 7.91. The van der Waals surface area contributed by atoms with E-state index in [1.54, 1.807) is 30.0 Å². The minimum atomic E-state index is -3.42. The molecule has 132 valence electrons. The summed E-state index contributed by atoms with van der Waals surface area (Å²) in [6, 6.07) is 16.6. The van der Waals surface area contributed by atoms with Crippen LogP contribution in [0.15, 0.2) is 59.5 Å². The van der Waals surface area contributed by atoms with E-state index in [2.05, 4.69) is 17.0 Å². The van der Waals surface area contributed by atoms with E-state index in [1.807, 2.05) is 18.2 Å². The van der Waals surface area contributed by atoms with E-state index in [9.17, 15) is 13.2 Å². The number of anilines is 1. The lowest BCUT2D eigenvalue weighted by atomic mass is 10.1. The minimum absolute atomic E-state index is 0.0148. The van der Waals surface area contributed by atoms with E-state index in [0.29, 0.717) is 13.1 Å². The van der Waals surface area contributed by atoms with Gasteiger partial charge in [-0.3, -0.25) is 4.79 Å². The normalized spacial score (nSPS) is 15.2. The summed E-state index contributed by atoms with van der Waals surface area (Å²) in [5.41, 5.74) is 1.42. The molecule has 0 N–H and O–H groups in total. The fourth-order valence-electron chi connectivity index (χ4n) is 3.05. The zero-order valence-electron chi connectivity index (χ0n) is 14.3. The molecular formula is C19H22N2O3S. The Morgan fingerprint density at radius 1 is 0.920 bits per heavy atom.